The van der Waals surface area contributed by atoms with Crippen molar-refractivity contribution in [2.45, 2.75) is 25.9 Å². The largest absolute Gasteiger partial charge is 0.480 e. The number of hydrogen-bond acceptors (Lipinski definition) is 9. The Morgan fingerprint density at radius 1 is 1.11 bits per heavy atom. The Balaban J connectivity index is 1.37. The average Bonchev–Trinajstić information content (AvgIpc) is 3.37. The second kappa shape index (κ2) is 9.90. The molecule has 0 saturated carbocycles. The highest BCUT2D eigenvalue weighted by Gasteiger charge is 2.31. The summed E-state index contributed by atoms with van der Waals surface area (Å²) < 4.78 is 11.8. The molecule has 0 aliphatic carbocycles. The van der Waals surface area contributed by atoms with E-state index in [2.05, 4.69) is 20.3 Å². The normalized spacial score (nSPS) is 17.1. The van der Waals surface area contributed by atoms with Crippen LogP contribution in [0.15, 0.2) is 36.0 Å². The van der Waals surface area contributed by atoms with Crippen LogP contribution in [0, 0.1) is 6.92 Å². The molecule has 2 saturated heterocycles. The highest BCUT2D eigenvalue weighted by molar-refractivity contribution is 7.13. The molecule has 2 fully saturated rings. The molecule has 11 nitrogen and oxygen atoms in total. The van der Waals surface area contributed by atoms with E-state index in [0.717, 1.165) is 25.2 Å². The highest BCUT2D eigenvalue weighted by atomic mass is 32.1. The summed E-state index contributed by atoms with van der Waals surface area (Å²) in [4.78, 5) is 53.5. The number of likely N-dealkylation sites (tertiary alicyclic amines) is 2. The van der Waals surface area contributed by atoms with Crippen molar-refractivity contribution in [1.82, 2.24) is 24.8 Å². The number of nitrogens with zero attached hydrogens (tertiary/aromatic N) is 5. The summed E-state index contributed by atoms with van der Waals surface area (Å²) in [5.41, 5.74) is 1.29. The van der Waals surface area contributed by atoms with Gasteiger partial charge < -0.3 is 19.3 Å². The maximum Gasteiger partial charge on any atom is 0.274 e. The molecule has 0 radical (unpaired) electrons. The summed E-state index contributed by atoms with van der Waals surface area (Å²) in [5, 5.41) is 5.06. The molecule has 12 heteroatoms. The Bertz CT molecular complexity index is 1310. The second-order valence-corrected chi connectivity index (χ2v) is 9.44. The number of ether oxygens (including phenoxy) is 2. The maximum atomic E-state index is 13.0. The summed E-state index contributed by atoms with van der Waals surface area (Å²) >= 11 is 1.32. The van der Waals surface area contributed by atoms with Crippen LogP contribution in [0.2, 0.25) is 0 Å². The van der Waals surface area contributed by atoms with Crippen LogP contribution in [-0.2, 0) is 4.79 Å². The van der Waals surface area contributed by atoms with Crippen LogP contribution in [0.4, 0.5) is 5.13 Å². The molecule has 5 rings (SSSR count). The number of nitrogens with one attached hydrogen (secondary N) is 1. The van der Waals surface area contributed by atoms with Crippen LogP contribution in [0.5, 0.6) is 17.4 Å². The second-order valence-electron chi connectivity index (χ2n) is 8.58. The molecule has 36 heavy (non-hydrogen) atoms. The highest BCUT2D eigenvalue weighted by Crippen LogP contribution is 2.29. The topological polar surface area (TPSA) is 127 Å². The molecular weight excluding hydrogens is 484 g/mol. The van der Waals surface area contributed by atoms with E-state index in [9.17, 15) is 14.4 Å². The van der Waals surface area contributed by atoms with Gasteiger partial charge in [-0.05, 0) is 25.5 Å². The number of thiazole rings is 1. The van der Waals surface area contributed by atoms with E-state index in [1.165, 1.54) is 29.8 Å². The first-order valence-corrected chi connectivity index (χ1v) is 12.3. The third kappa shape index (κ3) is 5.13. The number of likely N-dealkylation sites (N-methyl/N-ethyl adjacent to an activating group) is 1. The predicted octanol–water partition coefficient (Wildman–Crippen LogP) is 2.74. The minimum Gasteiger partial charge on any atom is -0.480 e. The van der Waals surface area contributed by atoms with E-state index in [-0.39, 0.29) is 34.7 Å². The Hall–Kier alpha value is -4.06. The zero-order valence-electron chi connectivity index (χ0n) is 19.8. The summed E-state index contributed by atoms with van der Waals surface area (Å²) in [6.45, 7) is 3.87. The van der Waals surface area contributed by atoms with Crippen molar-refractivity contribution < 1.29 is 23.9 Å². The number of aromatic nitrogens is 3. The van der Waals surface area contributed by atoms with Crippen molar-refractivity contribution in [3.8, 4) is 17.4 Å². The lowest BCUT2D eigenvalue weighted by molar-refractivity contribution is -0.132. The standard InChI is InChI=1S/C24H24N6O5S/c1-14-13-36-24(27-14)28-21(31)15-8-16(34-19-4-7-29(2)23(19)33)10-17(9-15)35-20-12-25-18(11-26-20)22(32)30-5-3-6-30/h8-13,19H,3-7H2,1-2H3,(H,27,28,31)/t19-/m0/s1. The van der Waals surface area contributed by atoms with Crippen LogP contribution >= 0.6 is 11.3 Å². The van der Waals surface area contributed by atoms with Crippen molar-refractivity contribution in [1.29, 1.82) is 0 Å². The van der Waals surface area contributed by atoms with Gasteiger partial charge in [0.05, 0.1) is 18.1 Å². The van der Waals surface area contributed by atoms with Crippen molar-refractivity contribution in [2.75, 3.05) is 32.0 Å². The number of anilines is 1. The molecule has 0 unspecified atom stereocenters. The third-order valence-corrected chi connectivity index (χ3v) is 6.73. The molecule has 186 valence electrons. The molecular formula is C24H24N6O5S. The average molecular weight is 509 g/mol. The maximum absolute atomic E-state index is 13.0. The van der Waals surface area contributed by atoms with Gasteiger partial charge in [0.2, 0.25) is 5.88 Å². The SMILES string of the molecule is Cc1csc(NC(=O)c2cc(Oc3cnc(C(=O)N4CCC4)cn3)cc(O[C@H]3CCN(C)C3=O)c2)n1. The van der Waals surface area contributed by atoms with Gasteiger partial charge in [-0.15, -0.1) is 11.3 Å². The number of aryl methyl sites for hydroxylation is 1. The fourth-order valence-electron chi connectivity index (χ4n) is 3.76. The molecule has 2 aliphatic rings. The van der Waals surface area contributed by atoms with Gasteiger partial charge in [-0.3, -0.25) is 19.7 Å². The van der Waals surface area contributed by atoms with E-state index in [1.54, 1.807) is 29.0 Å². The number of carbonyl (C=O) groups excluding carboxylic acids is 3. The van der Waals surface area contributed by atoms with Crippen LogP contribution in [0.1, 0.15) is 39.4 Å². The first-order chi connectivity index (χ1) is 17.4. The van der Waals surface area contributed by atoms with Gasteiger partial charge in [-0.2, -0.15) is 0 Å². The minimum atomic E-state index is -0.644. The van der Waals surface area contributed by atoms with Gasteiger partial charge in [0.25, 0.3) is 17.7 Å². The Morgan fingerprint density at radius 2 is 1.92 bits per heavy atom. The smallest absolute Gasteiger partial charge is 0.274 e. The molecule has 3 amide bonds. The van der Waals surface area contributed by atoms with Crippen LogP contribution < -0.4 is 14.8 Å². The first kappa shape index (κ1) is 23.7. The molecule has 1 aromatic carbocycles. The third-order valence-electron chi connectivity index (χ3n) is 5.85. The summed E-state index contributed by atoms with van der Waals surface area (Å²) in [6.07, 6.45) is 3.60. The first-order valence-electron chi connectivity index (χ1n) is 11.4. The lowest BCUT2D eigenvalue weighted by Crippen LogP contribution is -2.42. The summed E-state index contributed by atoms with van der Waals surface area (Å²) in [5.74, 6) is 0.0150. The van der Waals surface area contributed by atoms with Crippen molar-refractivity contribution in [2.24, 2.45) is 0 Å². The molecule has 0 bridgehead atoms. The van der Waals surface area contributed by atoms with Crippen LogP contribution in [-0.4, -0.2) is 75.3 Å². The lowest BCUT2D eigenvalue weighted by atomic mass is 10.2. The number of carbonyl (C=O) groups is 3. The number of hydrogen-bond donors (Lipinski definition) is 1. The zero-order chi connectivity index (χ0) is 25.2. The van der Waals surface area contributed by atoms with E-state index in [4.69, 9.17) is 9.47 Å². The van der Waals surface area contributed by atoms with E-state index in [1.807, 2.05) is 12.3 Å². The van der Waals surface area contributed by atoms with Crippen molar-refractivity contribution in [3.05, 3.63) is 52.9 Å². The molecule has 2 aromatic heterocycles. The molecule has 2 aliphatic heterocycles. The number of benzene rings is 1. The quantitative estimate of drug-likeness (QED) is 0.516. The van der Waals surface area contributed by atoms with Gasteiger partial charge in [0.15, 0.2) is 11.2 Å². The monoisotopic (exact) mass is 508 g/mol. The Labute approximate surface area is 211 Å². The summed E-state index contributed by atoms with van der Waals surface area (Å²) in [7, 11) is 1.72. The van der Waals surface area contributed by atoms with Gasteiger partial charge in [-0.1, -0.05) is 0 Å². The van der Waals surface area contributed by atoms with Gasteiger partial charge in [-0.25, -0.2) is 15.0 Å². The summed E-state index contributed by atoms with van der Waals surface area (Å²) in [6, 6.07) is 4.66. The minimum absolute atomic E-state index is 0.126. The van der Waals surface area contributed by atoms with E-state index < -0.39 is 12.0 Å². The Morgan fingerprint density at radius 3 is 2.53 bits per heavy atom. The molecule has 1 atom stereocenters. The zero-order valence-corrected chi connectivity index (χ0v) is 20.6. The van der Waals surface area contributed by atoms with E-state index in [0.29, 0.717) is 23.8 Å². The fourth-order valence-corrected chi connectivity index (χ4v) is 4.44. The predicted molar refractivity (Wildman–Crippen MR) is 131 cm³/mol. The molecule has 1 N–H and O–H groups in total. The number of rotatable bonds is 7. The number of amides is 3. The van der Waals surface area contributed by atoms with Crippen LogP contribution in [0.25, 0.3) is 0 Å². The lowest BCUT2D eigenvalue weighted by Gasteiger charge is -2.30. The molecule has 0 spiro atoms. The molecule has 4 heterocycles. The van der Waals surface area contributed by atoms with Crippen molar-refractivity contribution in [3.63, 3.8) is 0 Å². The fraction of sp³-hybridized carbons (Fsp3) is 0.333. The molecule has 3 aromatic rings. The van der Waals surface area contributed by atoms with Gasteiger partial charge >= 0.3 is 0 Å². The van der Waals surface area contributed by atoms with Gasteiger partial charge in [0, 0.05) is 50.1 Å². The van der Waals surface area contributed by atoms with Gasteiger partial charge in [0.1, 0.15) is 17.2 Å². The van der Waals surface area contributed by atoms with Crippen LogP contribution in [0.3, 0.4) is 0 Å². The Kier molecular flexibility index (Phi) is 6.51. The van der Waals surface area contributed by atoms with E-state index >= 15 is 0 Å². The van der Waals surface area contributed by atoms with Crippen molar-refractivity contribution >= 4 is 34.2 Å².